The molecular formula is C7H15F3N2O3S. The van der Waals surface area contributed by atoms with Gasteiger partial charge in [0.25, 0.3) is 10.2 Å². The van der Waals surface area contributed by atoms with E-state index >= 15 is 0 Å². The second kappa shape index (κ2) is 6.38. The highest BCUT2D eigenvalue weighted by molar-refractivity contribution is 7.87. The van der Waals surface area contributed by atoms with Crippen LogP contribution in [0.2, 0.25) is 0 Å². The molecule has 0 radical (unpaired) electrons. The van der Waals surface area contributed by atoms with Crippen LogP contribution >= 0.6 is 0 Å². The van der Waals surface area contributed by atoms with Crippen molar-refractivity contribution >= 4 is 10.2 Å². The lowest BCUT2D eigenvalue weighted by Crippen LogP contribution is -2.41. The average Bonchev–Trinajstić information content (AvgIpc) is 2.08. The minimum absolute atomic E-state index is 0.0158. The molecule has 0 aliphatic heterocycles. The largest absolute Gasteiger partial charge is 0.402 e. The number of aliphatic hydroxyl groups is 1. The molecule has 0 fully saturated rings. The fourth-order valence-electron chi connectivity index (χ4n) is 0.832. The maximum absolute atomic E-state index is 11.7. The zero-order chi connectivity index (χ0) is 12.8. The number of hydrogen-bond donors (Lipinski definition) is 3. The van der Waals surface area contributed by atoms with Crippen molar-refractivity contribution in [1.82, 2.24) is 9.44 Å². The van der Waals surface area contributed by atoms with Crippen LogP contribution in [0.3, 0.4) is 0 Å². The highest BCUT2D eigenvalue weighted by atomic mass is 32.2. The molecule has 0 aliphatic rings. The van der Waals surface area contributed by atoms with Gasteiger partial charge in [0, 0.05) is 6.54 Å². The average molecular weight is 264 g/mol. The molecule has 3 N–H and O–H groups in total. The van der Waals surface area contributed by atoms with Gasteiger partial charge in [-0.2, -0.15) is 26.3 Å². The van der Waals surface area contributed by atoms with Crippen molar-refractivity contribution in [3.05, 3.63) is 0 Å². The summed E-state index contributed by atoms with van der Waals surface area (Å²) in [6.45, 7) is -0.0762. The van der Waals surface area contributed by atoms with Gasteiger partial charge in [0.1, 0.15) is 6.54 Å². The zero-order valence-electron chi connectivity index (χ0n) is 8.71. The van der Waals surface area contributed by atoms with Crippen LogP contribution < -0.4 is 9.44 Å². The maximum Gasteiger partial charge on any atom is 0.402 e. The summed E-state index contributed by atoms with van der Waals surface area (Å²) in [6.07, 6.45) is -4.41. The Kier molecular flexibility index (Phi) is 6.23. The predicted octanol–water partition coefficient (Wildman–Crippen LogP) is 0.134. The Bertz CT molecular complexity index is 290. The molecule has 0 spiro atoms. The van der Waals surface area contributed by atoms with E-state index in [1.807, 2.05) is 4.72 Å². The summed E-state index contributed by atoms with van der Waals surface area (Å²) >= 11 is 0. The standard InChI is InChI=1S/C7H15F3N2O3S/c1-6(13)3-2-4-11-16(14,15)12-5-7(8,9)10/h6,11-13H,2-5H2,1H3. The molecule has 98 valence electrons. The van der Waals surface area contributed by atoms with E-state index in [0.717, 1.165) is 0 Å². The SMILES string of the molecule is CC(O)CCCNS(=O)(=O)NCC(F)(F)F. The highest BCUT2D eigenvalue weighted by Crippen LogP contribution is 2.12. The summed E-state index contributed by atoms with van der Waals surface area (Å²) in [4.78, 5) is 0. The van der Waals surface area contributed by atoms with E-state index in [4.69, 9.17) is 5.11 Å². The molecule has 16 heavy (non-hydrogen) atoms. The third-order valence-corrected chi connectivity index (χ3v) is 2.66. The predicted molar refractivity (Wildman–Crippen MR) is 51.9 cm³/mol. The van der Waals surface area contributed by atoms with Gasteiger partial charge in [0.15, 0.2) is 0 Å². The van der Waals surface area contributed by atoms with Crippen LogP contribution in [0, 0.1) is 0 Å². The highest BCUT2D eigenvalue weighted by Gasteiger charge is 2.29. The van der Waals surface area contributed by atoms with Crippen molar-refractivity contribution in [2.24, 2.45) is 0 Å². The van der Waals surface area contributed by atoms with Gasteiger partial charge >= 0.3 is 6.18 Å². The molecule has 0 bridgehead atoms. The first kappa shape index (κ1) is 15.6. The van der Waals surface area contributed by atoms with E-state index in [1.54, 1.807) is 0 Å². The van der Waals surface area contributed by atoms with Gasteiger partial charge in [-0.15, -0.1) is 0 Å². The topological polar surface area (TPSA) is 78.4 Å². The number of nitrogens with one attached hydrogen (secondary N) is 2. The van der Waals surface area contributed by atoms with Gasteiger partial charge in [-0.1, -0.05) is 0 Å². The molecule has 9 heteroatoms. The van der Waals surface area contributed by atoms with Gasteiger partial charge < -0.3 is 5.11 Å². The third-order valence-electron chi connectivity index (χ3n) is 1.55. The first-order chi connectivity index (χ1) is 7.12. The van der Waals surface area contributed by atoms with Gasteiger partial charge in [0.05, 0.1) is 6.10 Å². The summed E-state index contributed by atoms with van der Waals surface area (Å²) in [5.74, 6) is 0. The van der Waals surface area contributed by atoms with Crippen molar-refractivity contribution in [3.8, 4) is 0 Å². The lowest BCUT2D eigenvalue weighted by Gasteiger charge is -2.10. The van der Waals surface area contributed by atoms with Crippen LogP contribution in [0.1, 0.15) is 19.8 Å². The van der Waals surface area contributed by atoms with E-state index in [2.05, 4.69) is 0 Å². The second-order valence-electron chi connectivity index (χ2n) is 3.33. The molecule has 0 aliphatic carbocycles. The Morgan fingerprint density at radius 3 is 2.31 bits per heavy atom. The fourth-order valence-corrected chi connectivity index (χ4v) is 1.70. The van der Waals surface area contributed by atoms with E-state index in [0.29, 0.717) is 12.8 Å². The monoisotopic (exact) mass is 264 g/mol. The van der Waals surface area contributed by atoms with E-state index in [9.17, 15) is 21.6 Å². The Balaban J connectivity index is 3.80. The maximum atomic E-state index is 11.7. The summed E-state index contributed by atoms with van der Waals surface area (Å²) in [7, 11) is -4.11. The summed E-state index contributed by atoms with van der Waals surface area (Å²) in [5.41, 5.74) is 0. The quantitative estimate of drug-likeness (QED) is 0.572. The Morgan fingerprint density at radius 1 is 1.31 bits per heavy atom. The third kappa shape index (κ3) is 10.1. The zero-order valence-corrected chi connectivity index (χ0v) is 9.53. The molecule has 0 rings (SSSR count). The van der Waals surface area contributed by atoms with Gasteiger partial charge in [-0.05, 0) is 19.8 Å². The number of hydrogen-bond acceptors (Lipinski definition) is 3. The normalized spacial score (nSPS) is 15.1. The smallest absolute Gasteiger partial charge is 0.393 e. The van der Waals surface area contributed by atoms with E-state index in [-0.39, 0.29) is 6.54 Å². The lowest BCUT2D eigenvalue weighted by atomic mass is 10.2. The molecule has 0 aromatic rings. The molecule has 1 atom stereocenters. The second-order valence-corrected chi connectivity index (χ2v) is 4.91. The minimum Gasteiger partial charge on any atom is -0.393 e. The van der Waals surface area contributed by atoms with Crippen LogP contribution in [0.4, 0.5) is 13.2 Å². The van der Waals surface area contributed by atoms with Crippen LogP contribution in [0.25, 0.3) is 0 Å². The van der Waals surface area contributed by atoms with Crippen molar-refractivity contribution in [3.63, 3.8) is 0 Å². The van der Waals surface area contributed by atoms with E-state index < -0.39 is 29.0 Å². The van der Waals surface area contributed by atoms with Crippen molar-refractivity contribution in [2.45, 2.75) is 32.0 Å². The lowest BCUT2D eigenvalue weighted by molar-refractivity contribution is -0.121. The number of alkyl halides is 3. The Labute approximate surface area is 92.2 Å². The minimum atomic E-state index is -4.58. The van der Waals surface area contributed by atoms with Crippen molar-refractivity contribution in [1.29, 1.82) is 0 Å². The van der Waals surface area contributed by atoms with Gasteiger partial charge in [-0.25, -0.2) is 4.72 Å². The summed E-state index contributed by atoms with van der Waals surface area (Å²) < 4.78 is 60.2. The van der Waals surface area contributed by atoms with Crippen molar-refractivity contribution < 1.29 is 26.7 Å². The van der Waals surface area contributed by atoms with E-state index in [1.165, 1.54) is 11.6 Å². The molecule has 0 amide bonds. The first-order valence-electron chi connectivity index (χ1n) is 4.61. The summed E-state index contributed by atoms with van der Waals surface area (Å²) in [5, 5.41) is 8.85. The molecule has 0 saturated heterocycles. The fraction of sp³-hybridized carbons (Fsp3) is 1.00. The Morgan fingerprint density at radius 2 is 1.88 bits per heavy atom. The van der Waals surface area contributed by atoms with Crippen molar-refractivity contribution in [2.75, 3.05) is 13.1 Å². The molecule has 0 saturated carbocycles. The molecule has 0 heterocycles. The molecular weight excluding hydrogens is 249 g/mol. The van der Waals surface area contributed by atoms with Gasteiger partial charge in [0.2, 0.25) is 0 Å². The number of halogens is 3. The van der Waals surface area contributed by atoms with Crippen LogP contribution in [-0.2, 0) is 10.2 Å². The Hall–Kier alpha value is -0.380. The molecule has 0 aromatic heterocycles. The van der Waals surface area contributed by atoms with Crippen LogP contribution in [0.15, 0.2) is 0 Å². The van der Waals surface area contributed by atoms with Gasteiger partial charge in [-0.3, -0.25) is 0 Å². The molecule has 5 nitrogen and oxygen atoms in total. The molecule has 1 unspecified atom stereocenters. The molecule has 0 aromatic carbocycles. The first-order valence-corrected chi connectivity index (χ1v) is 6.10. The number of rotatable bonds is 7. The van der Waals surface area contributed by atoms with Crippen LogP contribution in [0.5, 0.6) is 0 Å². The summed E-state index contributed by atoms with van der Waals surface area (Å²) in [6, 6.07) is 0. The number of aliphatic hydroxyl groups excluding tert-OH is 1. The van der Waals surface area contributed by atoms with Crippen LogP contribution in [-0.4, -0.2) is 38.9 Å².